The Labute approximate surface area is 398 Å². The molecule has 1 aliphatic heterocycles. The van der Waals surface area contributed by atoms with E-state index >= 15 is 0 Å². The zero-order valence-electron chi connectivity index (χ0n) is 42.0. The molecule has 2 rings (SSSR count). The van der Waals surface area contributed by atoms with Gasteiger partial charge in [-0.2, -0.15) is 0 Å². The molecular formula is C49H80N8O10. The molecule has 0 bridgehead atoms. The minimum absolute atomic E-state index is 0.132. The van der Waals surface area contributed by atoms with Crippen molar-refractivity contribution in [1.82, 2.24) is 30.7 Å². The van der Waals surface area contributed by atoms with Gasteiger partial charge in [0, 0.05) is 52.0 Å². The average molecular weight is 941 g/mol. The number of hydrogen-bond acceptors (Lipinski definition) is 11. The Morgan fingerprint density at radius 1 is 0.716 bits per heavy atom. The van der Waals surface area contributed by atoms with Crippen molar-refractivity contribution in [2.45, 2.75) is 157 Å². The number of nitrogens with two attached hydrogens (primary N) is 1. The van der Waals surface area contributed by atoms with E-state index in [9.17, 15) is 38.4 Å². The number of rotatable bonds is 29. The molecule has 1 aliphatic rings. The van der Waals surface area contributed by atoms with Gasteiger partial charge >= 0.3 is 6.09 Å². The zero-order chi connectivity index (χ0) is 50.5. The number of amides is 8. The Bertz CT molecular complexity index is 1820. The molecule has 0 radical (unpaired) electrons. The standard InChI is InChI=1S/C49H80N8O10/c1-13-33(9)44(37(14-2)66-12)55(10)48(64)42(31(5)6)54-47(63)43(32(7)8)56(11)49(65)67-29-34-21-23-35(24-22-34)51-45(61)36(19-18-27-50)52-46(62)41(30(3)4)53-38(58)20-16-15-17-28-57-39(59)25-26-40(57)60/h21-26,30-33,36-37,41-44H,13-20,27-29,50H2,1-12H3,(H,51,61)(H,52,62)(H,53,58)(H,54,63)/t33-,36-,37+,41-,42-,43-,44-/m0/s1. The molecule has 7 atom stereocenters. The molecule has 1 heterocycles. The second kappa shape index (κ2) is 28.7. The molecule has 0 aromatic heterocycles. The molecule has 0 spiro atoms. The maximum Gasteiger partial charge on any atom is 0.410 e. The van der Waals surface area contributed by atoms with Gasteiger partial charge in [-0.05, 0) is 80.0 Å². The van der Waals surface area contributed by atoms with Crippen LogP contribution >= 0.6 is 0 Å². The second-order valence-corrected chi connectivity index (χ2v) is 18.5. The highest BCUT2D eigenvalue weighted by atomic mass is 16.6. The third kappa shape index (κ3) is 17.7. The summed E-state index contributed by atoms with van der Waals surface area (Å²) in [6, 6.07) is 2.75. The fourth-order valence-electron chi connectivity index (χ4n) is 8.12. The molecule has 1 aromatic carbocycles. The van der Waals surface area contributed by atoms with Crippen LogP contribution in [0.15, 0.2) is 36.4 Å². The van der Waals surface area contributed by atoms with Crippen LogP contribution in [0.5, 0.6) is 0 Å². The van der Waals surface area contributed by atoms with Crippen molar-refractivity contribution in [3.8, 4) is 0 Å². The van der Waals surface area contributed by atoms with E-state index in [0.29, 0.717) is 43.4 Å². The molecule has 0 fully saturated rings. The first-order valence-electron chi connectivity index (χ1n) is 23.9. The van der Waals surface area contributed by atoms with E-state index in [4.69, 9.17) is 15.2 Å². The van der Waals surface area contributed by atoms with Crippen LogP contribution in [0.25, 0.3) is 0 Å². The van der Waals surface area contributed by atoms with E-state index in [1.807, 2.05) is 34.6 Å². The normalized spacial score (nSPS) is 15.7. The number of carbonyl (C=O) groups excluding carboxylic acids is 8. The highest BCUT2D eigenvalue weighted by Crippen LogP contribution is 2.24. The smallest absolute Gasteiger partial charge is 0.410 e. The van der Waals surface area contributed by atoms with Crippen LogP contribution in [0.1, 0.15) is 119 Å². The van der Waals surface area contributed by atoms with Gasteiger partial charge in [-0.3, -0.25) is 43.4 Å². The number of unbranched alkanes of at least 4 members (excludes halogenated alkanes) is 2. The van der Waals surface area contributed by atoms with Crippen molar-refractivity contribution in [2.75, 3.05) is 39.6 Å². The Morgan fingerprint density at radius 3 is 1.85 bits per heavy atom. The number of ether oxygens (including phenoxy) is 2. The van der Waals surface area contributed by atoms with Gasteiger partial charge < -0.3 is 41.4 Å². The van der Waals surface area contributed by atoms with Gasteiger partial charge in [0.25, 0.3) is 11.8 Å². The summed E-state index contributed by atoms with van der Waals surface area (Å²) in [5.41, 5.74) is 6.78. The lowest BCUT2D eigenvalue weighted by Gasteiger charge is -2.40. The van der Waals surface area contributed by atoms with Gasteiger partial charge in [-0.25, -0.2) is 4.79 Å². The molecule has 67 heavy (non-hydrogen) atoms. The van der Waals surface area contributed by atoms with Crippen LogP contribution < -0.4 is 27.0 Å². The summed E-state index contributed by atoms with van der Waals surface area (Å²) < 4.78 is 11.4. The van der Waals surface area contributed by atoms with E-state index in [-0.39, 0.29) is 92.0 Å². The minimum atomic E-state index is -0.956. The van der Waals surface area contributed by atoms with Crippen molar-refractivity contribution in [3.63, 3.8) is 0 Å². The number of hydrogen-bond donors (Lipinski definition) is 5. The van der Waals surface area contributed by atoms with Crippen LogP contribution in [0.3, 0.4) is 0 Å². The molecule has 1 aromatic rings. The highest BCUT2D eigenvalue weighted by Gasteiger charge is 2.39. The number of imide groups is 1. The lowest BCUT2D eigenvalue weighted by molar-refractivity contribution is -0.143. The van der Waals surface area contributed by atoms with Crippen LogP contribution in [0, 0.1) is 23.7 Å². The number of carbonyl (C=O) groups is 8. The van der Waals surface area contributed by atoms with Crippen LogP contribution in [-0.2, 0) is 49.6 Å². The second-order valence-electron chi connectivity index (χ2n) is 18.5. The Balaban J connectivity index is 2.03. The molecule has 0 unspecified atom stereocenters. The summed E-state index contributed by atoms with van der Waals surface area (Å²) in [6.45, 7) is 17.5. The van der Waals surface area contributed by atoms with E-state index in [2.05, 4.69) is 35.1 Å². The summed E-state index contributed by atoms with van der Waals surface area (Å²) in [5.74, 6) is -3.45. The molecule has 8 amide bonds. The third-order valence-electron chi connectivity index (χ3n) is 12.3. The van der Waals surface area contributed by atoms with Crippen LogP contribution in [0.2, 0.25) is 0 Å². The molecule has 0 saturated heterocycles. The largest absolute Gasteiger partial charge is 0.445 e. The number of methoxy groups -OCH3 is 1. The summed E-state index contributed by atoms with van der Waals surface area (Å²) in [5, 5.41) is 11.3. The summed E-state index contributed by atoms with van der Waals surface area (Å²) >= 11 is 0. The number of nitrogens with zero attached hydrogens (tertiary/aromatic N) is 3. The quantitative estimate of drug-likeness (QED) is 0.0554. The van der Waals surface area contributed by atoms with E-state index < -0.39 is 48.0 Å². The number of benzene rings is 1. The van der Waals surface area contributed by atoms with Crippen LogP contribution in [-0.4, -0.2) is 133 Å². The molecule has 6 N–H and O–H groups in total. The lowest BCUT2D eigenvalue weighted by atomic mass is 9.90. The molecule has 18 heteroatoms. The molecule has 18 nitrogen and oxygen atoms in total. The molecule has 0 saturated carbocycles. The van der Waals surface area contributed by atoms with E-state index in [1.165, 1.54) is 24.1 Å². The maximum absolute atomic E-state index is 14.0. The van der Waals surface area contributed by atoms with Crippen LogP contribution in [0.4, 0.5) is 10.5 Å². The van der Waals surface area contributed by atoms with Crippen molar-refractivity contribution in [3.05, 3.63) is 42.0 Å². The number of likely N-dealkylation sites (N-methyl/N-ethyl adjacent to an activating group) is 2. The lowest BCUT2D eigenvalue weighted by Crippen LogP contribution is -2.60. The van der Waals surface area contributed by atoms with E-state index in [0.717, 1.165) is 11.3 Å². The van der Waals surface area contributed by atoms with Crippen molar-refractivity contribution < 1.29 is 47.8 Å². The summed E-state index contributed by atoms with van der Waals surface area (Å²) in [7, 11) is 4.88. The van der Waals surface area contributed by atoms with Crippen molar-refractivity contribution in [2.24, 2.45) is 29.4 Å². The summed E-state index contributed by atoms with van der Waals surface area (Å²) in [4.78, 5) is 109. The molecule has 0 aliphatic carbocycles. The fourth-order valence-corrected chi connectivity index (χ4v) is 8.12. The van der Waals surface area contributed by atoms with Gasteiger partial charge in [0.05, 0.1) is 12.1 Å². The van der Waals surface area contributed by atoms with Gasteiger partial charge in [-0.1, -0.05) is 87.3 Å². The first kappa shape index (κ1) is 57.8. The molecule has 376 valence electrons. The average Bonchev–Trinajstić information content (AvgIpc) is 3.61. The van der Waals surface area contributed by atoms with Gasteiger partial charge in [0.1, 0.15) is 30.8 Å². The van der Waals surface area contributed by atoms with Crippen molar-refractivity contribution >= 4 is 53.1 Å². The van der Waals surface area contributed by atoms with Gasteiger partial charge in [0.15, 0.2) is 0 Å². The predicted octanol–water partition coefficient (Wildman–Crippen LogP) is 4.51. The first-order chi connectivity index (χ1) is 31.6. The number of anilines is 1. The highest BCUT2D eigenvalue weighted by molar-refractivity contribution is 6.12. The third-order valence-corrected chi connectivity index (χ3v) is 12.3. The van der Waals surface area contributed by atoms with Gasteiger partial charge in [-0.15, -0.1) is 0 Å². The Hall–Kier alpha value is -5.36. The first-order valence-corrected chi connectivity index (χ1v) is 23.9. The van der Waals surface area contributed by atoms with Gasteiger partial charge in [0.2, 0.25) is 29.5 Å². The van der Waals surface area contributed by atoms with Crippen molar-refractivity contribution in [1.29, 1.82) is 0 Å². The Kier molecular flexibility index (Phi) is 24.8. The SMILES string of the molecule is CC[C@H](C)[C@@H]([C@@H](CC)OC)N(C)C(=O)[C@@H](NC(=O)[C@H](C(C)C)N(C)C(=O)OCc1ccc(NC(=O)[C@H](CCCN)NC(=O)[C@@H](NC(=O)CCCCCN2C(=O)C=CC2=O)C(C)C)cc1)C(C)C. The molecular weight excluding hydrogens is 861 g/mol. The topological polar surface area (TPSA) is 239 Å². The minimum Gasteiger partial charge on any atom is -0.445 e. The predicted molar refractivity (Wildman–Crippen MR) is 257 cm³/mol. The number of nitrogens with one attached hydrogen (secondary N) is 4. The fraction of sp³-hybridized carbons (Fsp3) is 0.673. The Morgan fingerprint density at radius 2 is 1.33 bits per heavy atom. The van der Waals surface area contributed by atoms with E-state index in [1.54, 1.807) is 57.2 Å². The zero-order valence-corrected chi connectivity index (χ0v) is 42.0. The summed E-state index contributed by atoms with van der Waals surface area (Å²) in [6.07, 6.45) is 5.58. The monoisotopic (exact) mass is 941 g/mol. The maximum atomic E-state index is 14.0.